The van der Waals surface area contributed by atoms with Crippen LogP contribution in [0.3, 0.4) is 0 Å². The van der Waals surface area contributed by atoms with Crippen molar-refractivity contribution in [1.29, 1.82) is 0 Å². The summed E-state index contributed by atoms with van der Waals surface area (Å²) in [5.74, 6) is 0.484. The van der Waals surface area contributed by atoms with E-state index >= 15 is 0 Å². The molecule has 2 heterocycles. The fourth-order valence-corrected chi connectivity index (χ4v) is 4.18. The van der Waals surface area contributed by atoms with Crippen LogP contribution in [0.15, 0.2) is 66.9 Å². The van der Waals surface area contributed by atoms with Gasteiger partial charge in [-0.3, -0.25) is 9.69 Å². The molecule has 35 heavy (non-hydrogen) atoms. The number of aromatic nitrogens is 1. The number of hydrogen-bond acceptors (Lipinski definition) is 4. The lowest BCUT2D eigenvalue weighted by atomic mass is 10.0. The number of halogens is 3. The molecule has 1 saturated heterocycles. The van der Waals surface area contributed by atoms with Gasteiger partial charge in [0.1, 0.15) is 5.82 Å². The maximum Gasteiger partial charge on any atom is 0.417 e. The molecule has 0 aliphatic carbocycles. The molecule has 5 nitrogen and oxygen atoms in total. The molecule has 1 N–H and O–H groups in total. The highest BCUT2D eigenvalue weighted by Gasteiger charge is 2.34. The molecule has 0 saturated carbocycles. The van der Waals surface area contributed by atoms with Crippen LogP contribution in [0.2, 0.25) is 0 Å². The summed E-state index contributed by atoms with van der Waals surface area (Å²) in [5, 5.41) is 2.52. The molecule has 1 fully saturated rings. The number of pyridine rings is 1. The van der Waals surface area contributed by atoms with E-state index in [1.807, 2.05) is 0 Å². The van der Waals surface area contributed by atoms with Gasteiger partial charge in [-0.2, -0.15) is 13.2 Å². The minimum atomic E-state index is -4.60. The first kappa shape index (κ1) is 24.7. The van der Waals surface area contributed by atoms with Gasteiger partial charge < -0.3 is 10.2 Å². The van der Waals surface area contributed by atoms with Gasteiger partial charge in [-0.05, 0) is 41.3 Å². The fourth-order valence-electron chi connectivity index (χ4n) is 4.18. The van der Waals surface area contributed by atoms with E-state index in [1.165, 1.54) is 29.5 Å². The lowest BCUT2D eigenvalue weighted by Crippen LogP contribution is -2.46. The summed E-state index contributed by atoms with van der Waals surface area (Å²) in [6.07, 6.45) is -3.12. The summed E-state index contributed by atoms with van der Waals surface area (Å²) in [4.78, 5) is 21.5. The molecule has 2 aromatic carbocycles. The molecule has 3 aromatic rings. The summed E-state index contributed by atoms with van der Waals surface area (Å²) in [6, 6.07) is 17.0. The zero-order valence-corrected chi connectivity index (χ0v) is 19.8. The van der Waals surface area contributed by atoms with E-state index < -0.39 is 23.2 Å². The third kappa shape index (κ3) is 6.19. The Balaban J connectivity index is 1.32. The molecule has 184 valence electrons. The molecule has 0 bridgehead atoms. The number of hydrogen-bond donors (Lipinski definition) is 1. The van der Waals surface area contributed by atoms with Crippen molar-refractivity contribution >= 4 is 17.4 Å². The predicted molar refractivity (Wildman–Crippen MR) is 132 cm³/mol. The fraction of sp³-hybridized carbons (Fsp3) is 0.333. The number of alkyl halides is 3. The topological polar surface area (TPSA) is 48.5 Å². The van der Waals surface area contributed by atoms with Crippen LogP contribution in [0.25, 0.3) is 0 Å². The molecule has 0 atom stereocenters. The number of anilines is 2. The second kappa shape index (κ2) is 10.5. The van der Waals surface area contributed by atoms with Crippen LogP contribution < -0.4 is 10.2 Å². The van der Waals surface area contributed by atoms with Crippen molar-refractivity contribution in [3.63, 3.8) is 0 Å². The van der Waals surface area contributed by atoms with Crippen LogP contribution in [-0.4, -0.2) is 42.0 Å². The van der Waals surface area contributed by atoms with Gasteiger partial charge in [-0.25, -0.2) is 4.98 Å². The Morgan fingerprint density at radius 1 is 0.971 bits per heavy atom. The number of carbonyl (C=O) groups excluding carboxylic acids is 1. The van der Waals surface area contributed by atoms with E-state index in [1.54, 1.807) is 12.1 Å². The number of nitrogens with one attached hydrogen (secondary N) is 1. The Labute approximate surface area is 203 Å². The van der Waals surface area contributed by atoms with Crippen molar-refractivity contribution in [3.8, 4) is 0 Å². The van der Waals surface area contributed by atoms with Crippen molar-refractivity contribution in [2.24, 2.45) is 0 Å². The molecule has 0 spiro atoms. The first-order valence-electron chi connectivity index (χ1n) is 11.7. The minimum Gasteiger partial charge on any atom is -0.354 e. The summed E-state index contributed by atoms with van der Waals surface area (Å²) in [5.41, 5.74) is 1.61. The van der Waals surface area contributed by atoms with Crippen molar-refractivity contribution in [1.82, 2.24) is 9.88 Å². The largest absolute Gasteiger partial charge is 0.417 e. The number of benzene rings is 2. The second-order valence-electron chi connectivity index (χ2n) is 9.06. The summed E-state index contributed by atoms with van der Waals surface area (Å²) in [6.45, 7) is 8.74. The zero-order chi connectivity index (χ0) is 25.0. The number of carbonyl (C=O) groups is 1. The molecule has 1 aromatic heterocycles. The highest BCUT2D eigenvalue weighted by molar-refractivity contribution is 6.05. The molecule has 1 aliphatic heterocycles. The molecular formula is C27H29F3N4O. The first-order valence-corrected chi connectivity index (χ1v) is 11.7. The quantitative estimate of drug-likeness (QED) is 0.483. The average Bonchev–Trinajstić information content (AvgIpc) is 2.85. The SMILES string of the molecule is CC(C)c1ccc(CN2CCN(c3ccc(NC(=O)c4ccccc4C(F)(F)F)cn3)CC2)cc1. The van der Waals surface area contributed by atoms with Crippen molar-refractivity contribution < 1.29 is 18.0 Å². The van der Waals surface area contributed by atoms with Crippen LogP contribution in [0.4, 0.5) is 24.7 Å². The van der Waals surface area contributed by atoms with E-state index in [4.69, 9.17) is 0 Å². The standard InChI is InChI=1S/C27H29F3N4O/c1-19(2)21-9-7-20(8-10-21)18-33-13-15-34(16-14-33)25-12-11-22(17-31-25)32-26(35)23-5-3-4-6-24(23)27(28,29)30/h3-12,17,19H,13-16,18H2,1-2H3,(H,32,35). The molecule has 4 rings (SSSR count). The number of rotatable bonds is 6. The first-order chi connectivity index (χ1) is 16.7. The lowest BCUT2D eigenvalue weighted by Gasteiger charge is -2.35. The Morgan fingerprint density at radius 3 is 2.26 bits per heavy atom. The molecule has 0 radical (unpaired) electrons. The Bertz CT molecular complexity index is 1140. The maximum absolute atomic E-state index is 13.2. The van der Waals surface area contributed by atoms with Crippen molar-refractivity contribution in [2.75, 3.05) is 36.4 Å². The summed E-state index contributed by atoms with van der Waals surface area (Å²) in [7, 11) is 0. The molecule has 1 aliphatic rings. The van der Waals surface area contributed by atoms with Crippen LogP contribution >= 0.6 is 0 Å². The average molecular weight is 483 g/mol. The number of nitrogens with zero attached hydrogens (tertiary/aromatic N) is 3. The maximum atomic E-state index is 13.2. The Hall–Kier alpha value is -3.39. The van der Waals surface area contributed by atoms with Gasteiger partial charge in [0.05, 0.1) is 23.0 Å². The monoisotopic (exact) mass is 482 g/mol. The van der Waals surface area contributed by atoms with E-state index in [-0.39, 0.29) is 0 Å². The van der Waals surface area contributed by atoms with Crippen LogP contribution in [0.5, 0.6) is 0 Å². The normalized spacial score (nSPS) is 14.9. The third-order valence-corrected chi connectivity index (χ3v) is 6.23. The third-order valence-electron chi connectivity index (χ3n) is 6.23. The smallest absolute Gasteiger partial charge is 0.354 e. The van der Waals surface area contributed by atoms with Gasteiger partial charge in [0, 0.05) is 32.7 Å². The number of amides is 1. The van der Waals surface area contributed by atoms with E-state index in [0.29, 0.717) is 11.6 Å². The van der Waals surface area contributed by atoms with E-state index in [9.17, 15) is 18.0 Å². The van der Waals surface area contributed by atoms with Gasteiger partial charge in [-0.1, -0.05) is 50.2 Å². The van der Waals surface area contributed by atoms with Gasteiger partial charge in [0.2, 0.25) is 0 Å². The highest BCUT2D eigenvalue weighted by Crippen LogP contribution is 2.32. The van der Waals surface area contributed by atoms with Gasteiger partial charge in [0.15, 0.2) is 0 Å². The molecule has 1 amide bonds. The van der Waals surface area contributed by atoms with Crippen molar-refractivity contribution in [2.45, 2.75) is 32.5 Å². The molecule has 8 heteroatoms. The molecular weight excluding hydrogens is 453 g/mol. The second-order valence-corrected chi connectivity index (χ2v) is 9.06. The number of piperazine rings is 1. The van der Waals surface area contributed by atoms with Gasteiger partial charge in [0.25, 0.3) is 5.91 Å². The van der Waals surface area contributed by atoms with Crippen LogP contribution in [-0.2, 0) is 12.7 Å². The van der Waals surface area contributed by atoms with Crippen LogP contribution in [0, 0.1) is 0 Å². The molecule has 0 unspecified atom stereocenters. The van der Waals surface area contributed by atoms with E-state index in [2.05, 4.69) is 58.2 Å². The van der Waals surface area contributed by atoms with Crippen molar-refractivity contribution in [3.05, 3.63) is 89.1 Å². The summed E-state index contributed by atoms with van der Waals surface area (Å²) >= 11 is 0. The minimum absolute atomic E-state index is 0.346. The Kier molecular flexibility index (Phi) is 7.40. The zero-order valence-electron chi connectivity index (χ0n) is 19.8. The van der Waals surface area contributed by atoms with Gasteiger partial charge in [-0.15, -0.1) is 0 Å². The van der Waals surface area contributed by atoms with Gasteiger partial charge >= 0.3 is 6.18 Å². The lowest BCUT2D eigenvalue weighted by molar-refractivity contribution is -0.137. The van der Waals surface area contributed by atoms with Crippen LogP contribution in [0.1, 0.15) is 46.8 Å². The summed E-state index contributed by atoms with van der Waals surface area (Å²) < 4.78 is 39.6. The Morgan fingerprint density at radius 2 is 1.66 bits per heavy atom. The highest BCUT2D eigenvalue weighted by atomic mass is 19.4. The van der Waals surface area contributed by atoms with E-state index in [0.717, 1.165) is 50.7 Å². The predicted octanol–water partition coefficient (Wildman–Crippen LogP) is 5.80.